The molecular weight excluding hydrogens is 328 g/mol. The van der Waals surface area contributed by atoms with Crippen molar-refractivity contribution in [3.8, 4) is 5.75 Å². The number of ketones is 1. The average molecular weight is 356 g/mol. The minimum atomic E-state index is -0.470. The van der Waals surface area contributed by atoms with Crippen LogP contribution in [0, 0.1) is 37.0 Å². The fourth-order valence-electron chi connectivity index (χ4n) is 5.95. The van der Waals surface area contributed by atoms with Gasteiger partial charge in [-0.05, 0) is 93.4 Å². The first kappa shape index (κ1) is 17.6. The van der Waals surface area contributed by atoms with E-state index in [9.17, 15) is 9.59 Å². The van der Waals surface area contributed by atoms with Gasteiger partial charge in [-0.25, -0.2) is 4.79 Å². The quantitative estimate of drug-likeness (QED) is 0.723. The molecule has 0 radical (unpaired) electrons. The summed E-state index contributed by atoms with van der Waals surface area (Å²) in [4.78, 5) is 24.9. The van der Waals surface area contributed by atoms with Crippen LogP contribution in [-0.2, 0) is 14.3 Å². The number of ether oxygens (including phenoxy) is 2. The molecule has 4 aliphatic carbocycles. The van der Waals surface area contributed by atoms with E-state index in [1.54, 1.807) is 0 Å². The van der Waals surface area contributed by atoms with Crippen LogP contribution in [0.25, 0.3) is 0 Å². The SMILES string of the molecule is Cc1cc(C)cc(OCC(=O)OCC(=O)C23CC4CC(CC(C4)C2)C3)c1. The highest BCUT2D eigenvalue weighted by Crippen LogP contribution is 2.60. The second-order valence-corrected chi connectivity index (χ2v) is 8.89. The minimum absolute atomic E-state index is 0.0960. The van der Waals surface area contributed by atoms with Gasteiger partial charge < -0.3 is 9.47 Å². The van der Waals surface area contributed by atoms with E-state index in [-0.39, 0.29) is 24.4 Å². The Hall–Kier alpha value is -1.84. The average Bonchev–Trinajstić information content (AvgIpc) is 2.55. The Morgan fingerprint density at radius 1 is 0.923 bits per heavy atom. The van der Waals surface area contributed by atoms with E-state index in [4.69, 9.17) is 9.47 Å². The van der Waals surface area contributed by atoms with E-state index in [2.05, 4.69) is 6.07 Å². The molecule has 0 atom stereocenters. The van der Waals surface area contributed by atoms with Crippen LogP contribution in [-0.4, -0.2) is 25.0 Å². The first-order valence-electron chi connectivity index (χ1n) is 9.82. The monoisotopic (exact) mass is 356 g/mol. The molecule has 0 saturated heterocycles. The van der Waals surface area contributed by atoms with Crippen molar-refractivity contribution in [2.24, 2.45) is 23.2 Å². The van der Waals surface area contributed by atoms with E-state index < -0.39 is 5.97 Å². The van der Waals surface area contributed by atoms with Gasteiger partial charge in [0, 0.05) is 5.41 Å². The summed E-state index contributed by atoms with van der Waals surface area (Å²) < 4.78 is 10.8. The lowest BCUT2D eigenvalue weighted by Crippen LogP contribution is -2.51. The van der Waals surface area contributed by atoms with Crippen LogP contribution in [0.15, 0.2) is 18.2 Å². The van der Waals surface area contributed by atoms with E-state index in [1.165, 1.54) is 19.3 Å². The first-order valence-corrected chi connectivity index (χ1v) is 9.82. The number of carbonyl (C=O) groups is 2. The zero-order valence-corrected chi connectivity index (χ0v) is 15.8. The predicted octanol–water partition coefficient (Wildman–Crippen LogP) is 4.01. The molecular formula is C22H28O4. The van der Waals surface area contributed by atoms with Gasteiger partial charge in [0.05, 0.1) is 0 Å². The van der Waals surface area contributed by atoms with Gasteiger partial charge in [0.25, 0.3) is 0 Å². The van der Waals surface area contributed by atoms with Crippen molar-refractivity contribution in [1.82, 2.24) is 0 Å². The topological polar surface area (TPSA) is 52.6 Å². The van der Waals surface area contributed by atoms with Crippen LogP contribution in [0.5, 0.6) is 5.75 Å². The minimum Gasteiger partial charge on any atom is -0.482 e. The first-order chi connectivity index (χ1) is 12.4. The smallest absolute Gasteiger partial charge is 0.344 e. The van der Waals surface area contributed by atoms with Crippen LogP contribution >= 0.6 is 0 Å². The Balaban J connectivity index is 1.28. The molecule has 4 heteroatoms. The molecule has 0 spiro atoms. The lowest BCUT2D eigenvalue weighted by atomic mass is 9.48. The standard InChI is InChI=1S/C22H28O4/c1-14-3-15(2)5-19(4-14)25-13-21(24)26-12-20(23)22-9-16-6-17(10-22)8-18(7-16)11-22/h3-5,16-18H,6-13H2,1-2H3. The number of Topliss-reactive ketones (excluding diaryl/α,β-unsaturated/α-hetero) is 1. The van der Waals surface area contributed by atoms with Gasteiger partial charge in [-0.3, -0.25) is 4.79 Å². The van der Waals surface area contributed by atoms with Crippen LogP contribution < -0.4 is 4.74 Å². The van der Waals surface area contributed by atoms with Gasteiger partial charge in [0.15, 0.2) is 19.0 Å². The van der Waals surface area contributed by atoms with Gasteiger partial charge in [0.1, 0.15) is 5.75 Å². The Morgan fingerprint density at radius 2 is 1.46 bits per heavy atom. The summed E-state index contributed by atoms with van der Waals surface area (Å²) in [5, 5.41) is 0. The Morgan fingerprint density at radius 3 is 2.00 bits per heavy atom. The second kappa shape index (κ2) is 6.71. The number of benzene rings is 1. The van der Waals surface area contributed by atoms with E-state index in [0.717, 1.165) is 30.4 Å². The lowest BCUT2D eigenvalue weighted by molar-refractivity contribution is -0.158. The van der Waals surface area contributed by atoms with Crippen molar-refractivity contribution in [3.05, 3.63) is 29.3 Å². The zero-order chi connectivity index (χ0) is 18.3. The maximum absolute atomic E-state index is 12.8. The Kier molecular flexibility index (Phi) is 4.54. The Labute approximate surface area is 155 Å². The number of carbonyl (C=O) groups excluding carboxylic acids is 2. The van der Waals surface area contributed by atoms with Crippen molar-refractivity contribution in [3.63, 3.8) is 0 Å². The highest BCUT2D eigenvalue weighted by molar-refractivity contribution is 5.88. The molecule has 4 fully saturated rings. The van der Waals surface area contributed by atoms with Gasteiger partial charge >= 0.3 is 5.97 Å². The van der Waals surface area contributed by atoms with Crippen molar-refractivity contribution in [1.29, 1.82) is 0 Å². The summed E-state index contributed by atoms with van der Waals surface area (Å²) in [7, 11) is 0. The lowest BCUT2D eigenvalue weighted by Gasteiger charge is -2.55. The molecule has 4 nitrogen and oxygen atoms in total. The molecule has 4 bridgehead atoms. The maximum atomic E-state index is 12.8. The summed E-state index contributed by atoms with van der Waals surface area (Å²) in [6.07, 6.45) is 6.93. The summed E-state index contributed by atoms with van der Waals surface area (Å²) >= 11 is 0. The van der Waals surface area contributed by atoms with E-state index in [0.29, 0.717) is 23.5 Å². The largest absolute Gasteiger partial charge is 0.482 e. The highest BCUT2D eigenvalue weighted by Gasteiger charge is 2.54. The molecule has 0 aliphatic heterocycles. The van der Waals surface area contributed by atoms with Crippen molar-refractivity contribution in [2.75, 3.05) is 13.2 Å². The number of esters is 1. The van der Waals surface area contributed by atoms with Gasteiger partial charge in [-0.1, -0.05) is 6.07 Å². The maximum Gasteiger partial charge on any atom is 0.344 e. The van der Waals surface area contributed by atoms with Crippen molar-refractivity contribution >= 4 is 11.8 Å². The molecule has 0 amide bonds. The molecule has 26 heavy (non-hydrogen) atoms. The molecule has 4 aliphatic rings. The summed E-state index contributed by atoms with van der Waals surface area (Å²) in [5.74, 6) is 2.47. The molecule has 0 heterocycles. The second-order valence-electron chi connectivity index (χ2n) is 8.89. The molecule has 1 aromatic rings. The fourth-order valence-corrected chi connectivity index (χ4v) is 5.95. The summed E-state index contributed by atoms with van der Waals surface area (Å²) in [6, 6.07) is 5.83. The van der Waals surface area contributed by atoms with Crippen molar-refractivity contribution < 1.29 is 19.1 Å². The van der Waals surface area contributed by atoms with Crippen molar-refractivity contribution in [2.45, 2.75) is 52.4 Å². The molecule has 0 N–H and O–H groups in total. The number of rotatable bonds is 6. The number of aryl methyl sites for hydroxylation is 2. The number of hydrogen-bond donors (Lipinski definition) is 0. The molecule has 0 aromatic heterocycles. The van der Waals surface area contributed by atoms with Crippen LogP contribution in [0.4, 0.5) is 0 Å². The van der Waals surface area contributed by atoms with Crippen LogP contribution in [0.1, 0.15) is 49.7 Å². The zero-order valence-electron chi connectivity index (χ0n) is 15.8. The van der Waals surface area contributed by atoms with Gasteiger partial charge in [-0.2, -0.15) is 0 Å². The predicted molar refractivity (Wildman–Crippen MR) is 98.0 cm³/mol. The normalized spacial score (nSPS) is 31.7. The number of hydrogen-bond acceptors (Lipinski definition) is 4. The van der Waals surface area contributed by atoms with Gasteiger partial charge in [-0.15, -0.1) is 0 Å². The fraction of sp³-hybridized carbons (Fsp3) is 0.636. The molecule has 5 rings (SSSR count). The van der Waals surface area contributed by atoms with Crippen LogP contribution in [0.2, 0.25) is 0 Å². The Bertz CT molecular complexity index is 665. The third-order valence-electron chi connectivity index (χ3n) is 6.55. The molecule has 1 aromatic carbocycles. The highest BCUT2D eigenvalue weighted by atomic mass is 16.6. The molecule has 4 saturated carbocycles. The van der Waals surface area contributed by atoms with Gasteiger partial charge in [0.2, 0.25) is 0 Å². The molecule has 140 valence electrons. The third-order valence-corrected chi connectivity index (χ3v) is 6.55. The summed E-state index contributed by atoms with van der Waals surface area (Å²) in [5.41, 5.74) is 1.97. The van der Waals surface area contributed by atoms with Crippen LogP contribution in [0.3, 0.4) is 0 Å². The van der Waals surface area contributed by atoms with E-state index >= 15 is 0 Å². The third kappa shape index (κ3) is 3.51. The van der Waals surface area contributed by atoms with E-state index in [1.807, 2.05) is 26.0 Å². The molecule has 0 unspecified atom stereocenters. The summed E-state index contributed by atoms with van der Waals surface area (Å²) in [6.45, 7) is 3.73.